The van der Waals surface area contributed by atoms with Crippen molar-refractivity contribution in [1.29, 1.82) is 5.26 Å². The number of nitro groups is 1. The highest BCUT2D eigenvalue weighted by Crippen LogP contribution is 2.51. The van der Waals surface area contributed by atoms with Gasteiger partial charge in [0, 0.05) is 46.1 Å². The second kappa shape index (κ2) is 8.01. The first-order chi connectivity index (χ1) is 15.6. The highest BCUT2D eigenvalue weighted by Gasteiger charge is 2.45. The Hall–Kier alpha value is -3.70. The molecule has 0 saturated carbocycles. The van der Waals surface area contributed by atoms with Crippen LogP contribution in [0, 0.1) is 32.7 Å². The molecular weight excluding hydrogens is 447 g/mol. The fourth-order valence-electron chi connectivity index (χ4n) is 4.60. The summed E-state index contributed by atoms with van der Waals surface area (Å²) < 4.78 is 15.0. The van der Waals surface area contributed by atoms with Crippen LogP contribution in [-0.2, 0) is 4.79 Å². The number of ketones is 1. The quantitative estimate of drug-likeness (QED) is 0.483. The Bertz CT molecular complexity index is 1270. The number of nitrogens with zero attached hydrogens (tertiary/aromatic N) is 3. The van der Waals surface area contributed by atoms with Crippen LogP contribution in [0.2, 0.25) is 5.02 Å². The number of carbonyl (C=O) groups is 1. The highest BCUT2D eigenvalue weighted by molar-refractivity contribution is 6.31. The molecule has 1 aliphatic heterocycles. The van der Waals surface area contributed by atoms with Gasteiger partial charge in [-0.15, -0.1) is 0 Å². The van der Waals surface area contributed by atoms with Crippen molar-refractivity contribution < 1.29 is 14.1 Å². The molecule has 9 heteroatoms. The number of halogens is 2. The second-order valence-electron chi connectivity index (χ2n) is 8.89. The molecule has 1 heterocycles. The van der Waals surface area contributed by atoms with Gasteiger partial charge >= 0.3 is 0 Å². The molecule has 168 valence electrons. The smallest absolute Gasteiger partial charge is 0.269 e. The van der Waals surface area contributed by atoms with Crippen LogP contribution in [0.3, 0.4) is 0 Å². The third-order valence-electron chi connectivity index (χ3n) is 5.99. The van der Waals surface area contributed by atoms with Crippen molar-refractivity contribution in [1.82, 2.24) is 0 Å². The zero-order chi connectivity index (χ0) is 24.1. The van der Waals surface area contributed by atoms with Crippen molar-refractivity contribution >= 4 is 28.8 Å². The summed E-state index contributed by atoms with van der Waals surface area (Å²) >= 11 is 6.34. The van der Waals surface area contributed by atoms with E-state index in [1.807, 2.05) is 13.8 Å². The first-order valence-electron chi connectivity index (χ1n) is 10.2. The summed E-state index contributed by atoms with van der Waals surface area (Å²) in [4.78, 5) is 25.6. The maximum Gasteiger partial charge on any atom is 0.269 e. The summed E-state index contributed by atoms with van der Waals surface area (Å²) in [7, 11) is 0. The van der Waals surface area contributed by atoms with E-state index in [9.17, 15) is 24.6 Å². The van der Waals surface area contributed by atoms with Gasteiger partial charge in [-0.3, -0.25) is 19.8 Å². The zero-order valence-electron chi connectivity index (χ0n) is 17.9. The molecule has 0 fully saturated rings. The molecule has 1 aliphatic carbocycles. The number of nitriles is 1. The Balaban J connectivity index is 2.01. The molecule has 0 saturated heterocycles. The lowest BCUT2D eigenvalue weighted by Gasteiger charge is -2.43. The SMILES string of the molecule is CC1(C)CC(=O)C2=C(C1)N(c1ccc([N+](=O)[O-])cc1)C(N)=C(C#N)[C@H]2c1c(F)cccc1Cl. The third kappa shape index (κ3) is 3.74. The van der Waals surface area contributed by atoms with Gasteiger partial charge in [0.1, 0.15) is 11.6 Å². The molecule has 1 atom stereocenters. The Morgan fingerprint density at radius 1 is 1.24 bits per heavy atom. The van der Waals surface area contributed by atoms with Gasteiger partial charge in [0.25, 0.3) is 5.69 Å². The molecule has 0 bridgehead atoms. The number of anilines is 1. The number of Topliss-reactive ketones (excluding diaryl/α,β-unsaturated/α-hetero) is 1. The summed E-state index contributed by atoms with van der Waals surface area (Å²) in [5.74, 6) is -1.88. The maximum absolute atomic E-state index is 15.0. The van der Waals surface area contributed by atoms with Crippen molar-refractivity contribution in [2.45, 2.75) is 32.6 Å². The number of hydrogen-bond acceptors (Lipinski definition) is 6. The van der Waals surface area contributed by atoms with Gasteiger partial charge in [-0.25, -0.2) is 4.39 Å². The minimum Gasteiger partial charge on any atom is -0.384 e. The lowest BCUT2D eigenvalue weighted by molar-refractivity contribution is -0.384. The van der Waals surface area contributed by atoms with Gasteiger partial charge in [0.05, 0.1) is 22.5 Å². The monoisotopic (exact) mass is 466 g/mol. The first-order valence-corrected chi connectivity index (χ1v) is 10.6. The molecule has 7 nitrogen and oxygen atoms in total. The van der Waals surface area contributed by atoms with Crippen LogP contribution in [0.5, 0.6) is 0 Å². The minimum atomic E-state index is -1.04. The van der Waals surface area contributed by atoms with E-state index in [0.717, 1.165) is 0 Å². The molecule has 0 radical (unpaired) electrons. The lowest BCUT2D eigenvalue weighted by Crippen LogP contribution is -2.42. The van der Waals surface area contributed by atoms with Gasteiger partial charge < -0.3 is 5.73 Å². The van der Waals surface area contributed by atoms with Crippen LogP contribution in [0.15, 0.2) is 65.1 Å². The van der Waals surface area contributed by atoms with E-state index < -0.39 is 22.1 Å². The van der Waals surface area contributed by atoms with Gasteiger partial charge in [-0.2, -0.15) is 5.26 Å². The Morgan fingerprint density at radius 3 is 2.48 bits per heavy atom. The number of hydrogen-bond donors (Lipinski definition) is 1. The number of nitro benzene ring substituents is 1. The van der Waals surface area contributed by atoms with E-state index in [4.69, 9.17) is 17.3 Å². The Morgan fingerprint density at radius 2 is 1.91 bits per heavy atom. The zero-order valence-corrected chi connectivity index (χ0v) is 18.7. The van der Waals surface area contributed by atoms with Gasteiger partial charge in [0.15, 0.2) is 5.78 Å². The van der Waals surface area contributed by atoms with Gasteiger partial charge in [-0.05, 0) is 36.1 Å². The van der Waals surface area contributed by atoms with Crippen LogP contribution >= 0.6 is 11.6 Å². The first kappa shape index (κ1) is 22.5. The van der Waals surface area contributed by atoms with Crippen LogP contribution in [0.25, 0.3) is 0 Å². The molecule has 0 amide bonds. The fourth-order valence-corrected chi connectivity index (χ4v) is 4.87. The van der Waals surface area contributed by atoms with Crippen molar-refractivity contribution in [3.63, 3.8) is 0 Å². The van der Waals surface area contributed by atoms with E-state index in [2.05, 4.69) is 6.07 Å². The molecule has 33 heavy (non-hydrogen) atoms. The van der Waals surface area contributed by atoms with E-state index in [1.165, 1.54) is 42.5 Å². The number of carbonyl (C=O) groups excluding carboxylic acids is 1. The Labute approximate surface area is 194 Å². The largest absolute Gasteiger partial charge is 0.384 e. The summed E-state index contributed by atoms with van der Waals surface area (Å²) in [6.45, 7) is 3.88. The molecule has 2 aliphatic rings. The predicted octanol–water partition coefficient (Wildman–Crippen LogP) is 5.33. The van der Waals surface area contributed by atoms with Gasteiger partial charge in [-0.1, -0.05) is 31.5 Å². The molecule has 0 unspecified atom stereocenters. The van der Waals surface area contributed by atoms with Crippen molar-refractivity contribution in [2.24, 2.45) is 11.1 Å². The number of rotatable bonds is 3. The summed E-state index contributed by atoms with van der Waals surface area (Å²) in [6.07, 6.45) is 0.633. The molecule has 4 rings (SSSR count). The van der Waals surface area contributed by atoms with Crippen LogP contribution in [0.1, 0.15) is 38.2 Å². The van der Waals surface area contributed by atoms with Crippen molar-refractivity contribution in [3.8, 4) is 6.07 Å². The number of allylic oxidation sites excluding steroid dienone is 3. The predicted molar refractivity (Wildman–Crippen MR) is 122 cm³/mol. The van der Waals surface area contributed by atoms with E-state index in [0.29, 0.717) is 17.8 Å². The normalized spacial score (nSPS) is 19.9. The highest BCUT2D eigenvalue weighted by atomic mass is 35.5. The van der Waals surface area contributed by atoms with Crippen molar-refractivity contribution in [3.05, 3.63) is 91.6 Å². The van der Waals surface area contributed by atoms with Gasteiger partial charge in [0.2, 0.25) is 0 Å². The molecule has 0 aromatic heterocycles. The minimum absolute atomic E-state index is 0.00726. The average molecular weight is 467 g/mol. The molecular formula is C24H20ClFN4O3. The van der Waals surface area contributed by atoms with Crippen LogP contribution in [-0.4, -0.2) is 10.7 Å². The molecule has 2 aromatic rings. The van der Waals surface area contributed by atoms with Crippen LogP contribution in [0.4, 0.5) is 15.8 Å². The maximum atomic E-state index is 15.0. The topological polar surface area (TPSA) is 113 Å². The molecule has 0 spiro atoms. The Kier molecular flexibility index (Phi) is 5.46. The second-order valence-corrected chi connectivity index (χ2v) is 9.30. The average Bonchev–Trinajstić information content (AvgIpc) is 2.72. The summed E-state index contributed by atoms with van der Waals surface area (Å²) in [6, 6.07) is 11.9. The lowest BCUT2D eigenvalue weighted by atomic mass is 9.68. The molecule has 2 N–H and O–H groups in total. The number of nitrogens with two attached hydrogens (primary N) is 1. The number of benzene rings is 2. The molecule has 2 aromatic carbocycles. The van der Waals surface area contributed by atoms with Crippen LogP contribution < -0.4 is 10.6 Å². The third-order valence-corrected chi connectivity index (χ3v) is 6.32. The summed E-state index contributed by atoms with van der Waals surface area (Å²) in [5, 5.41) is 21.2. The standard InChI is InChI=1S/C24H20ClFN4O3/c1-24(2)10-18-22(19(31)11-24)20(21-16(25)4-3-5-17(21)26)15(12-27)23(28)29(18)13-6-8-14(9-7-13)30(32)33/h3-9,20H,10-11,28H2,1-2H3/t20-/m0/s1. The van der Waals surface area contributed by atoms with E-state index in [-0.39, 0.29) is 45.4 Å². The fraction of sp³-hybridized carbons (Fsp3) is 0.250. The van der Waals surface area contributed by atoms with E-state index >= 15 is 0 Å². The van der Waals surface area contributed by atoms with E-state index in [1.54, 1.807) is 4.90 Å². The summed E-state index contributed by atoms with van der Waals surface area (Å²) in [5.41, 5.74) is 7.23. The number of non-ortho nitro benzene ring substituents is 1. The van der Waals surface area contributed by atoms with Crippen molar-refractivity contribution in [2.75, 3.05) is 4.90 Å².